The van der Waals surface area contributed by atoms with Gasteiger partial charge in [0.25, 0.3) is 5.56 Å². The van der Waals surface area contributed by atoms with Gasteiger partial charge in [-0.25, -0.2) is 18.1 Å². The van der Waals surface area contributed by atoms with Crippen LogP contribution in [0.5, 0.6) is 11.5 Å². The Kier molecular flexibility index (Phi) is 7.73. The molecule has 1 heterocycles. The lowest BCUT2D eigenvalue weighted by Crippen LogP contribution is -2.45. The summed E-state index contributed by atoms with van der Waals surface area (Å²) < 4.78 is 35.7. The third-order valence-corrected chi connectivity index (χ3v) is 8.12. The maximum absolute atomic E-state index is 13.6. The molecule has 0 radical (unpaired) electrons. The highest BCUT2D eigenvalue weighted by Gasteiger charge is 2.35. The van der Waals surface area contributed by atoms with Crippen LogP contribution in [0.25, 0.3) is 0 Å². The summed E-state index contributed by atoms with van der Waals surface area (Å²) in [6, 6.07) is 16.8. The van der Waals surface area contributed by atoms with E-state index in [4.69, 9.17) is 4.74 Å². The van der Waals surface area contributed by atoms with E-state index in [2.05, 4.69) is 32.3 Å². The van der Waals surface area contributed by atoms with Gasteiger partial charge < -0.3 is 4.74 Å². The minimum Gasteiger partial charge on any atom is -0.457 e. The maximum Gasteiger partial charge on any atom is 0.257 e. The van der Waals surface area contributed by atoms with Gasteiger partial charge in [-0.15, -0.1) is 0 Å². The number of ether oxygens (including phenoxy) is 1. The molecule has 2 aromatic carbocycles. The van der Waals surface area contributed by atoms with Gasteiger partial charge >= 0.3 is 0 Å². The lowest BCUT2D eigenvalue weighted by Gasteiger charge is -2.33. The number of hydrogen-bond acceptors (Lipinski definition) is 5. The normalized spacial score (nSPS) is 18.8. The van der Waals surface area contributed by atoms with E-state index >= 15 is 0 Å². The molecule has 1 aromatic heterocycles. The first-order chi connectivity index (χ1) is 16.3. The van der Waals surface area contributed by atoms with Crippen LogP contribution in [-0.4, -0.2) is 34.7 Å². The van der Waals surface area contributed by atoms with Crippen molar-refractivity contribution in [3.05, 3.63) is 88.1 Å². The molecule has 0 fully saturated rings. The molecule has 1 N–H and O–H groups in total. The molecule has 0 saturated carbocycles. The first-order valence-electron chi connectivity index (χ1n) is 11.2. The Labute approximate surface area is 213 Å². The van der Waals surface area contributed by atoms with Crippen molar-refractivity contribution < 1.29 is 13.2 Å². The molecule has 180 valence electrons. The van der Waals surface area contributed by atoms with E-state index in [-0.39, 0.29) is 17.5 Å². The highest BCUT2D eigenvalue weighted by Crippen LogP contribution is 2.35. The van der Waals surface area contributed by atoms with E-state index in [9.17, 15) is 13.2 Å². The molecule has 34 heavy (non-hydrogen) atoms. The lowest BCUT2D eigenvalue weighted by atomic mass is 9.78. The van der Waals surface area contributed by atoms with E-state index in [0.717, 1.165) is 21.9 Å². The number of aryl methyl sites for hydroxylation is 1. The van der Waals surface area contributed by atoms with Crippen LogP contribution in [-0.2, 0) is 22.9 Å². The van der Waals surface area contributed by atoms with E-state index in [1.807, 2.05) is 61.5 Å². The summed E-state index contributed by atoms with van der Waals surface area (Å²) in [6.45, 7) is 1.98. The average Bonchev–Trinajstić information content (AvgIpc) is 2.81. The predicted octanol–water partition coefficient (Wildman–Crippen LogP) is 4.22. The summed E-state index contributed by atoms with van der Waals surface area (Å²) in [7, 11) is -3.47. The zero-order valence-corrected chi connectivity index (χ0v) is 22.1. The van der Waals surface area contributed by atoms with Crippen molar-refractivity contribution in [2.24, 2.45) is 0 Å². The van der Waals surface area contributed by atoms with Gasteiger partial charge in [-0.05, 0) is 49.9 Å². The van der Waals surface area contributed by atoms with Gasteiger partial charge in [-0.2, -0.15) is 0 Å². The highest BCUT2D eigenvalue weighted by molar-refractivity contribution is 14.1. The molecule has 0 bridgehead atoms. The predicted molar refractivity (Wildman–Crippen MR) is 142 cm³/mol. The van der Waals surface area contributed by atoms with Crippen LogP contribution in [0.15, 0.2) is 65.7 Å². The van der Waals surface area contributed by atoms with Crippen molar-refractivity contribution in [2.75, 3.05) is 10.7 Å². The number of nitrogens with one attached hydrogen (secondary N) is 1. The second-order valence-corrected chi connectivity index (χ2v) is 11.4. The topological polar surface area (TPSA) is 90.3 Å². The molecule has 0 amide bonds. The molecule has 0 spiro atoms. The summed E-state index contributed by atoms with van der Waals surface area (Å²) in [5.74, 6) is 1.03. The monoisotopic (exact) mass is 593 g/mol. The zero-order chi connectivity index (χ0) is 24.3. The summed E-state index contributed by atoms with van der Waals surface area (Å²) >= 11 is 2.25. The van der Waals surface area contributed by atoms with Crippen LogP contribution < -0.4 is 15.0 Å². The Bertz CT molecular complexity index is 1310. The van der Waals surface area contributed by atoms with Crippen molar-refractivity contribution in [3.8, 4) is 11.5 Å². The van der Waals surface area contributed by atoms with Gasteiger partial charge in [0.15, 0.2) is 0 Å². The quantitative estimate of drug-likeness (QED) is 0.312. The Morgan fingerprint density at radius 1 is 1.18 bits per heavy atom. The fourth-order valence-electron chi connectivity index (χ4n) is 4.46. The molecule has 3 aromatic rings. The number of halogens is 1. The average molecular weight is 593 g/mol. The molecule has 1 aliphatic carbocycles. The first kappa shape index (κ1) is 24.9. The summed E-state index contributed by atoms with van der Waals surface area (Å²) in [4.78, 5) is 18.2. The van der Waals surface area contributed by atoms with Gasteiger partial charge in [-0.1, -0.05) is 59.0 Å². The van der Waals surface area contributed by atoms with Crippen molar-refractivity contribution >= 4 is 32.6 Å². The summed E-state index contributed by atoms with van der Waals surface area (Å²) in [5, 5.41) is 0. The second kappa shape index (κ2) is 10.6. The van der Waals surface area contributed by atoms with Crippen molar-refractivity contribution in [1.29, 1.82) is 0 Å². The minimum absolute atomic E-state index is 0.0107. The maximum atomic E-state index is 13.6. The standard InChI is InChI=1S/C25H28IN3O4S/c1-17(15-26)29-16-27-22-13-12-21(28-34(2,31)32)20(24(22)25(29)30)14-18-8-6-7-11-23(18)33-19-9-4-3-5-10-19/h3-11,16-17,20-21,28H,12-15H2,1-2H3. The van der Waals surface area contributed by atoms with Crippen molar-refractivity contribution in [3.63, 3.8) is 0 Å². The van der Waals surface area contributed by atoms with Gasteiger partial charge in [0, 0.05) is 28.0 Å². The fraction of sp³-hybridized carbons (Fsp3) is 0.360. The van der Waals surface area contributed by atoms with Crippen molar-refractivity contribution in [1.82, 2.24) is 14.3 Å². The number of para-hydroxylation sites is 2. The molecule has 3 atom stereocenters. The minimum atomic E-state index is -3.47. The molecule has 1 aliphatic rings. The molecule has 4 rings (SSSR count). The summed E-state index contributed by atoms with van der Waals surface area (Å²) in [5.41, 5.74) is 2.16. The van der Waals surface area contributed by atoms with E-state index < -0.39 is 16.1 Å². The van der Waals surface area contributed by atoms with Crippen LogP contribution in [0.4, 0.5) is 0 Å². The molecular formula is C25H28IN3O4S. The Morgan fingerprint density at radius 3 is 2.59 bits per heavy atom. The Balaban J connectivity index is 1.78. The Hall–Kier alpha value is -2.24. The third-order valence-electron chi connectivity index (χ3n) is 6.11. The molecule has 9 heteroatoms. The number of rotatable bonds is 8. The smallest absolute Gasteiger partial charge is 0.257 e. The zero-order valence-electron chi connectivity index (χ0n) is 19.1. The number of aromatic nitrogens is 2. The van der Waals surface area contributed by atoms with Gasteiger partial charge in [0.05, 0.1) is 18.3 Å². The van der Waals surface area contributed by atoms with Crippen LogP contribution in [0.1, 0.15) is 42.1 Å². The largest absolute Gasteiger partial charge is 0.457 e. The third kappa shape index (κ3) is 5.69. The number of sulfonamides is 1. The van der Waals surface area contributed by atoms with Crippen LogP contribution >= 0.6 is 22.6 Å². The van der Waals surface area contributed by atoms with E-state index in [0.29, 0.717) is 36.3 Å². The van der Waals surface area contributed by atoms with Gasteiger partial charge in [0.1, 0.15) is 11.5 Å². The van der Waals surface area contributed by atoms with E-state index in [1.54, 1.807) is 10.9 Å². The molecule has 0 saturated heterocycles. The molecule has 0 aliphatic heterocycles. The van der Waals surface area contributed by atoms with Crippen LogP contribution in [0, 0.1) is 0 Å². The van der Waals surface area contributed by atoms with Crippen molar-refractivity contribution in [2.45, 2.75) is 44.2 Å². The van der Waals surface area contributed by atoms with Crippen LogP contribution in [0.3, 0.4) is 0 Å². The SMILES string of the molecule is CC(CI)n1cnc2c(c1=O)C(Cc1ccccc1Oc1ccccc1)C(NS(C)(=O)=O)CC2. The highest BCUT2D eigenvalue weighted by atomic mass is 127. The number of alkyl halides is 1. The van der Waals surface area contributed by atoms with E-state index in [1.165, 1.54) is 0 Å². The number of fused-ring (bicyclic) bond motifs is 1. The van der Waals surface area contributed by atoms with Gasteiger partial charge in [-0.3, -0.25) is 9.36 Å². The molecule has 3 unspecified atom stereocenters. The Morgan fingerprint density at radius 2 is 1.88 bits per heavy atom. The summed E-state index contributed by atoms with van der Waals surface area (Å²) in [6.07, 6.45) is 4.35. The number of nitrogens with zero attached hydrogens (tertiary/aromatic N) is 2. The molecule has 7 nitrogen and oxygen atoms in total. The first-order valence-corrected chi connectivity index (χ1v) is 14.6. The number of benzene rings is 2. The lowest BCUT2D eigenvalue weighted by molar-refractivity contribution is 0.407. The second-order valence-electron chi connectivity index (χ2n) is 8.69. The fourth-order valence-corrected chi connectivity index (χ4v) is 5.71. The number of hydrogen-bond donors (Lipinski definition) is 1. The van der Waals surface area contributed by atoms with Gasteiger partial charge in [0.2, 0.25) is 10.0 Å². The van der Waals surface area contributed by atoms with Crippen LogP contribution in [0.2, 0.25) is 0 Å². The molecular weight excluding hydrogens is 565 g/mol.